The molecular formula is C20H13F6N4O3S+. The second-order valence-electron chi connectivity index (χ2n) is 6.87. The molecule has 1 aromatic carbocycles. The average Bonchev–Trinajstić information content (AvgIpc) is 3.26. The largest absolute Gasteiger partial charge is 0.477 e. The third kappa shape index (κ3) is 5.11. The van der Waals surface area contributed by atoms with E-state index in [1.165, 1.54) is 19.3 Å². The number of alkyl halides is 6. The Morgan fingerprint density at radius 3 is 2.06 bits per heavy atom. The lowest BCUT2D eigenvalue weighted by atomic mass is 10.0. The Kier molecular flexibility index (Phi) is 6.55. The van der Waals surface area contributed by atoms with Gasteiger partial charge >= 0.3 is 24.2 Å². The quantitative estimate of drug-likeness (QED) is 0.301. The van der Waals surface area contributed by atoms with Crippen LogP contribution in [0.5, 0.6) is 0 Å². The predicted octanol–water partition coefficient (Wildman–Crippen LogP) is 4.95. The zero-order chi connectivity index (χ0) is 25.4. The number of aromatic carboxylic acids is 1. The molecule has 0 aliphatic heterocycles. The predicted molar refractivity (Wildman–Crippen MR) is 107 cm³/mol. The summed E-state index contributed by atoms with van der Waals surface area (Å²) in [6, 6.07) is -0.561. The molecule has 0 aliphatic rings. The van der Waals surface area contributed by atoms with Gasteiger partial charge in [0.25, 0.3) is 0 Å². The van der Waals surface area contributed by atoms with Crippen molar-refractivity contribution in [3.63, 3.8) is 0 Å². The van der Waals surface area contributed by atoms with Gasteiger partial charge in [0.15, 0.2) is 0 Å². The van der Waals surface area contributed by atoms with Crippen LogP contribution >= 0.6 is 11.3 Å². The van der Waals surface area contributed by atoms with Crippen LogP contribution in [0.25, 0.3) is 10.7 Å². The summed E-state index contributed by atoms with van der Waals surface area (Å²) in [5.41, 5.74) is -4.03. The zero-order valence-corrected chi connectivity index (χ0v) is 17.8. The average molecular weight is 503 g/mol. The van der Waals surface area contributed by atoms with Gasteiger partial charge in [-0.2, -0.15) is 30.9 Å². The molecule has 0 fully saturated rings. The Balaban J connectivity index is 2.02. The maximum Gasteiger partial charge on any atom is 0.419 e. The van der Waals surface area contributed by atoms with Crippen LogP contribution in [0.2, 0.25) is 0 Å². The van der Waals surface area contributed by atoms with Gasteiger partial charge in [-0.3, -0.25) is 4.98 Å². The molecule has 14 heteroatoms. The minimum absolute atomic E-state index is 0.0557. The summed E-state index contributed by atoms with van der Waals surface area (Å²) < 4.78 is 79.6. The van der Waals surface area contributed by atoms with Gasteiger partial charge in [-0.1, -0.05) is 0 Å². The van der Waals surface area contributed by atoms with Crippen LogP contribution in [0, 0.1) is 0 Å². The van der Waals surface area contributed by atoms with Gasteiger partial charge in [-0.25, -0.2) is 19.6 Å². The molecule has 1 unspecified atom stereocenters. The topological polar surface area (TPSA) is 96.0 Å². The van der Waals surface area contributed by atoms with Gasteiger partial charge in [-0.05, 0) is 18.2 Å². The van der Waals surface area contributed by atoms with Crippen LogP contribution in [0.4, 0.5) is 26.3 Å². The Morgan fingerprint density at radius 1 is 1.00 bits per heavy atom. The van der Waals surface area contributed by atoms with Crippen molar-refractivity contribution >= 4 is 29.9 Å². The molecule has 0 saturated carbocycles. The lowest BCUT2D eigenvalue weighted by Crippen LogP contribution is -2.25. The highest BCUT2D eigenvalue weighted by atomic mass is 32.1. The summed E-state index contributed by atoms with van der Waals surface area (Å²) in [5.74, 6) is -2.47. The van der Waals surface area contributed by atoms with Gasteiger partial charge in [-0.15, -0.1) is 11.3 Å². The molecule has 34 heavy (non-hydrogen) atoms. The third-order valence-corrected chi connectivity index (χ3v) is 5.60. The normalized spacial score (nSPS) is 12.9. The van der Waals surface area contributed by atoms with Crippen LogP contribution in [0.1, 0.15) is 49.8 Å². The first-order valence-electron chi connectivity index (χ1n) is 9.14. The van der Waals surface area contributed by atoms with Crippen molar-refractivity contribution in [3.8, 4) is 10.7 Å². The number of carbonyl (C=O) groups is 2. The van der Waals surface area contributed by atoms with E-state index in [0.717, 1.165) is 17.5 Å². The van der Waals surface area contributed by atoms with Crippen molar-refractivity contribution in [2.45, 2.75) is 25.3 Å². The molecule has 0 radical (unpaired) electrons. The van der Waals surface area contributed by atoms with Crippen LogP contribution in [-0.4, -0.2) is 43.2 Å². The van der Waals surface area contributed by atoms with E-state index in [1.54, 1.807) is 0 Å². The molecule has 0 aliphatic carbocycles. The Hall–Kier alpha value is -3.68. The summed E-state index contributed by atoms with van der Waals surface area (Å²) in [5, 5.41) is 9.21. The van der Waals surface area contributed by atoms with Gasteiger partial charge < -0.3 is 5.11 Å². The van der Waals surface area contributed by atoms with Crippen molar-refractivity contribution in [2.24, 2.45) is 0 Å². The molecule has 7 nitrogen and oxygen atoms in total. The second kappa shape index (κ2) is 8.93. The SMILES string of the molecule is C=[N+](C(=O)c1cc(C(F)(F)F)cc(C(F)(F)F)c1)C(C)c1nccnc1-c1ncc(C(=O)O)s1. The summed E-state index contributed by atoms with van der Waals surface area (Å²) in [4.78, 5) is 36.0. The first kappa shape index (κ1) is 25.0. The Morgan fingerprint density at radius 2 is 1.56 bits per heavy atom. The fourth-order valence-electron chi connectivity index (χ4n) is 2.87. The Bertz CT molecular complexity index is 1250. The second-order valence-corrected chi connectivity index (χ2v) is 7.90. The molecular weight excluding hydrogens is 490 g/mol. The van der Waals surface area contributed by atoms with Crippen molar-refractivity contribution in [2.75, 3.05) is 0 Å². The minimum atomic E-state index is -5.13. The van der Waals surface area contributed by atoms with E-state index < -0.39 is 47.0 Å². The maximum absolute atomic E-state index is 13.1. The number of carbonyl (C=O) groups excluding carboxylic acids is 1. The van der Waals surface area contributed by atoms with Crippen LogP contribution in [0.15, 0.2) is 36.8 Å². The van der Waals surface area contributed by atoms with Crippen LogP contribution in [-0.2, 0) is 12.4 Å². The van der Waals surface area contributed by atoms with Gasteiger partial charge in [0.2, 0.25) is 6.04 Å². The summed E-state index contributed by atoms with van der Waals surface area (Å²) in [6.07, 6.45) is -6.66. The number of hydrogen-bond acceptors (Lipinski definition) is 6. The fourth-order valence-corrected chi connectivity index (χ4v) is 3.63. The van der Waals surface area contributed by atoms with Gasteiger partial charge in [0.05, 0.1) is 22.9 Å². The van der Waals surface area contributed by atoms with E-state index >= 15 is 0 Å². The first-order valence-corrected chi connectivity index (χ1v) is 9.95. The standard InChI is InChI=1S/C20H12F6N4O3S/c1-9(14-15(28-4-3-27-14)16-29-8-13(34-16)18(32)33)30(2)17(31)10-5-11(19(21,22)23)7-12(6-10)20(24,25)26/h3-9H,2H2,1H3/p+1. The van der Waals surface area contributed by atoms with Gasteiger partial charge in [0.1, 0.15) is 28.0 Å². The van der Waals surface area contributed by atoms with Crippen molar-refractivity contribution < 1.29 is 45.6 Å². The summed E-state index contributed by atoms with van der Waals surface area (Å²) in [7, 11) is 0. The van der Waals surface area contributed by atoms with Gasteiger partial charge in [0, 0.05) is 19.3 Å². The van der Waals surface area contributed by atoms with Crippen molar-refractivity contribution in [3.05, 3.63) is 64.1 Å². The molecule has 1 N–H and O–H groups in total. The minimum Gasteiger partial charge on any atom is -0.477 e. The van der Waals surface area contributed by atoms with Crippen LogP contribution in [0.3, 0.4) is 0 Å². The molecule has 3 rings (SSSR count). The molecule has 2 aromatic heterocycles. The number of amides is 1. The highest BCUT2D eigenvalue weighted by Gasteiger charge is 2.39. The monoisotopic (exact) mass is 503 g/mol. The molecule has 1 amide bonds. The van der Waals surface area contributed by atoms with E-state index in [1.807, 2.05) is 0 Å². The smallest absolute Gasteiger partial charge is 0.419 e. The van der Waals surface area contributed by atoms with Crippen molar-refractivity contribution in [1.82, 2.24) is 15.0 Å². The lowest BCUT2D eigenvalue weighted by molar-refractivity contribution is -0.466. The number of carboxylic acids is 1. The molecule has 3 aromatic rings. The Labute approximate surface area is 191 Å². The molecule has 0 spiro atoms. The number of thiazole rings is 1. The molecule has 0 saturated heterocycles. The number of carboxylic acid groups (broad SMARTS) is 1. The lowest BCUT2D eigenvalue weighted by Gasteiger charge is -2.14. The summed E-state index contributed by atoms with van der Waals surface area (Å²) >= 11 is 0.765. The number of hydrogen-bond donors (Lipinski definition) is 1. The number of nitrogens with zero attached hydrogens (tertiary/aromatic N) is 4. The van der Waals surface area contributed by atoms with E-state index in [0.29, 0.717) is 16.7 Å². The number of aromatic nitrogens is 3. The van der Waals surface area contributed by atoms with E-state index in [9.17, 15) is 35.9 Å². The van der Waals surface area contributed by atoms with Crippen LogP contribution < -0.4 is 0 Å². The fraction of sp³-hybridized carbons (Fsp3) is 0.200. The maximum atomic E-state index is 13.1. The molecule has 178 valence electrons. The molecule has 2 heterocycles. The zero-order valence-electron chi connectivity index (χ0n) is 17.0. The first-order chi connectivity index (χ1) is 15.7. The van der Waals surface area contributed by atoms with Crippen molar-refractivity contribution in [1.29, 1.82) is 0 Å². The van der Waals surface area contributed by atoms with E-state index in [-0.39, 0.29) is 27.3 Å². The number of benzene rings is 1. The van der Waals surface area contributed by atoms with E-state index in [2.05, 4.69) is 21.7 Å². The molecule has 1 atom stereocenters. The highest BCUT2D eigenvalue weighted by Crippen LogP contribution is 2.37. The third-order valence-electron chi connectivity index (χ3n) is 4.60. The number of halogens is 6. The van der Waals surface area contributed by atoms with E-state index in [4.69, 9.17) is 5.11 Å². The molecule has 0 bridgehead atoms. The summed E-state index contributed by atoms with van der Waals surface area (Å²) in [6.45, 7) is 4.86. The highest BCUT2D eigenvalue weighted by molar-refractivity contribution is 7.16. The number of rotatable bonds is 5.